The molecule has 3 aliphatic rings. The minimum Gasteiger partial charge on any atom is -0.342 e. The van der Waals surface area contributed by atoms with Crippen molar-refractivity contribution in [3.8, 4) is 0 Å². The highest BCUT2D eigenvalue weighted by molar-refractivity contribution is 5.79. The smallest absolute Gasteiger partial charge is 0.225 e. The molecule has 1 atom stereocenters. The van der Waals surface area contributed by atoms with E-state index in [0.29, 0.717) is 11.8 Å². The summed E-state index contributed by atoms with van der Waals surface area (Å²) in [6.45, 7) is 5.00. The number of aromatic nitrogens is 3. The van der Waals surface area contributed by atoms with Gasteiger partial charge in [0.1, 0.15) is 11.6 Å². The first-order valence-electron chi connectivity index (χ1n) is 10.6. The molecule has 0 N–H and O–H groups in total. The number of hydrogen-bond donors (Lipinski definition) is 0. The fourth-order valence-corrected chi connectivity index (χ4v) is 5.01. The quantitative estimate of drug-likeness (QED) is 0.829. The van der Waals surface area contributed by atoms with E-state index < -0.39 is 0 Å². The third-order valence-corrected chi connectivity index (χ3v) is 6.62. The SMILES string of the molecule is Cn1c(CN2CCCCC2)nnc1C1CCCN(C(=O)C2CCCC2)C1. The second-order valence-electron chi connectivity index (χ2n) is 8.48. The molecule has 1 amide bonds. The monoisotopic (exact) mass is 359 g/mol. The van der Waals surface area contributed by atoms with Gasteiger partial charge in [0, 0.05) is 32.0 Å². The van der Waals surface area contributed by atoms with Crippen molar-refractivity contribution in [2.45, 2.75) is 70.3 Å². The lowest BCUT2D eigenvalue weighted by Crippen LogP contribution is -2.42. The molecular formula is C20H33N5O. The minimum atomic E-state index is 0.280. The van der Waals surface area contributed by atoms with Crippen LogP contribution in [0, 0.1) is 5.92 Å². The lowest BCUT2D eigenvalue weighted by molar-refractivity contribution is -0.136. The molecule has 1 aromatic heterocycles. The van der Waals surface area contributed by atoms with E-state index in [1.165, 1.54) is 45.2 Å². The molecule has 2 saturated heterocycles. The van der Waals surface area contributed by atoms with Gasteiger partial charge >= 0.3 is 0 Å². The van der Waals surface area contributed by atoms with Crippen LogP contribution in [0.4, 0.5) is 0 Å². The summed E-state index contributed by atoms with van der Waals surface area (Å²) < 4.78 is 2.20. The highest BCUT2D eigenvalue weighted by Gasteiger charge is 2.32. The van der Waals surface area contributed by atoms with Gasteiger partial charge in [0.25, 0.3) is 0 Å². The number of nitrogens with zero attached hydrogens (tertiary/aromatic N) is 5. The fourth-order valence-electron chi connectivity index (χ4n) is 5.01. The van der Waals surface area contributed by atoms with E-state index in [-0.39, 0.29) is 5.92 Å². The normalized spacial score (nSPS) is 25.7. The van der Waals surface area contributed by atoms with Gasteiger partial charge in [0.2, 0.25) is 5.91 Å². The number of carbonyl (C=O) groups is 1. The zero-order valence-electron chi connectivity index (χ0n) is 16.2. The predicted octanol–water partition coefficient (Wildman–Crippen LogP) is 2.70. The summed E-state index contributed by atoms with van der Waals surface area (Å²) in [4.78, 5) is 17.4. The van der Waals surface area contributed by atoms with Crippen molar-refractivity contribution in [3.63, 3.8) is 0 Å². The van der Waals surface area contributed by atoms with E-state index in [4.69, 9.17) is 0 Å². The van der Waals surface area contributed by atoms with Gasteiger partial charge < -0.3 is 9.47 Å². The van der Waals surface area contributed by atoms with Crippen molar-refractivity contribution in [1.82, 2.24) is 24.6 Å². The van der Waals surface area contributed by atoms with Crippen LogP contribution in [-0.4, -0.2) is 56.7 Å². The first-order chi connectivity index (χ1) is 12.7. The fraction of sp³-hybridized carbons (Fsp3) is 0.850. The molecule has 0 radical (unpaired) electrons. The Morgan fingerprint density at radius 3 is 2.50 bits per heavy atom. The van der Waals surface area contributed by atoms with Crippen LogP contribution in [0.1, 0.15) is 75.4 Å². The van der Waals surface area contributed by atoms with Gasteiger partial charge in [-0.1, -0.05) is 19.3 Å². The van der Waals surface area contributed by atoms with Gasteiger partial charge in [0.15, 0.2) is 0 Å². The lowest BCUT2D eigenvalue weighted by atomic mass is 9.95. The van der Waals surface area contributed by atoms with Gasteiger partial charge in [-0.15, -0.1) is 10.2 Å². The number of likely N-dealkylation sites (tertiary alicyclic amines) is 2. The first-order valence-corrected chi connectivity index (χ1v) is 10.6. The highest BCUT2D eigenvalue weighted by Crippen LogP contribution is 2.31. The molecule has 1 saturated carbocycles. The number of amides is 1. The zero-order valence-corrected chi connectivity index (χ0v) is 16.2. The van der Waals surface area contributed by atoms with Gasteiger partial charge in [-0.25, -0.2) is 0 Å². The van der Waals surface area contributed by atoms with Crippen molar-refractivity contribution in [1.29, 1.82) is 0 Å². The summed E-state index contributed by atoms with van der Waals surface area (Å²) in [5.74, 6) is 3.15. The van der Waals surface area contributed by atoms with Crippen molar-refractivity contribution in [3.05, 3.63) is 11.6 Å². The topological polar surface area (TPSA) is 54.3 Å². The highest BCUT2D eigenvalue weighted by atomic mass is 16.2. The van der Waals surface area contributed by atoms with Crippen LogP contribution >= 0.6 is 0 Å². The maximum Gasteiger partial charge on any atom is 0.225 e. The summed E-state index contributed by atoms with van der Waals surface area (Å²) in [7, 11) is 2.10. The Morgan fingerprint density at radius 1 is 0.962 bits per heavy atom. The van der Waals surface area contributed by atoms with Gasteiger partial charge in [-0.3, -0.25) is 9.69 Å². The molecule has 6 heteroatoms. The van der Waals surface area contributed by atoms with Crippen LogP contribution in [0.25, 0.3) is 0 Å². The molecule has 4 rings (SSSR count). The van der Waals surface area contributed by atoms with Gasteiger partial charge in [-0.05, 0) is 51.6 Å². The minimum absolute atomic E-state index is 0.280. The Kier molecular flexibility index (Phi) is 5.57. The summed E-state index contributed by atoms with van der Waals surface area (Å²) in [5, 5.41) is 9.04. The van der Waals surface area contributed by atoms with E-state index in [1.807, 2.05) is 0 Å². The number of rotatable bonds is 4. The number of piperidine rings is 2. The Morgan fingerprint density at radius 2 is 1.73 bits per heavy atom. The zero-order chi connectivity index (χ0) is 17.9. The second-order valence-corrected chi connectivity index (χ2v) is 8.48. The van der Waals surface area contributed by atoms with Crippen molar-refractivity contribution in [2.24, 2.45) is 13.0 Å². The van der Waals surface area contributed by atoms with Gasteiger partial charge in [-0.2, -0.15) is 0 Å². The van der Waals surface area contributed by atoms with E-state index in [9.17, 15) is 4.79 Å². The molecule has 3 heterocycles. The van der Waals surface area contributed by atoms with E-state index in [2.05, 4.69) is 31.6 Å². The molecule has 144 valence electrons. The molecule has 2 aliphatic heterocycles. The largest absolute Gasteiger partial charge is 0.342 e. The van der Waals surface area contributed by atoms with Crippen LogP contribution < -0.4 is 0 Å². The second kappa shape index (κ2) is 8.07. The third-order valence-electron chi connectivity index (χ3n) is 6.62. The van der Waals surface area contributed by atoms with Crippen molar-refractivity contribution >= 4 is 5.91 Å². The van der Waals surface area contributed by atoms with Crippen LogP contribution in [0.2, 0.25) is 0 Å². The molecule has 0 aromatic carbocycles. The molecule has 6 nitrogen and oxygen atoms in total. The summed E-state index contributed by atoms with van der Waals surface area (Å²) in [6.07, 6.45) is 10.8. The van der Waals surface area contributed by atoms with Crippen molar-refractivity contribution in [2.75, 3.05) is 26.2 Å². The molecule has 1 aromatic rings. The van der Waals surface area contributed by atoms with Crippen LogP contribution in [0.3, 0.4) is 0 Å². The molecule has 1 aliphatic carbocycles. The average molecular weight is 360 g/mol. The standard InChI is InChI=1S/C20H33N5O/c1-23-18(15-24-11-5-2-6-12-24)21-22-19(23)17-10-7-13-25(14-17)20(26)16-8-3-4-9-16/h16-17H,2-15H2,1H3. The van der Waals surface area contributed by atoms with Crippen molar-refractivity contribution < 1.29 is 4.79 Å². The van der Waals surface area contributed by atoms with Crippen LogP contribution in [0.5, 0.6) is 0 Å². The third kappa shape index (κ3) is 3.80. The first kappa shape index (κ1) is 18.0. The Bertz CT molecular complexity index is 616. The summed E-state index contributed by atoms with van der Waals surface area (Å²) >= 11 is 0. The summed E-state index contributed by atoms with van der Waals surface area (Å²) in [6, 6.07) is 0. The lowest BCUT2D eigenvalue weighted by Gasteiger charge is -2.34. The van der Waals surface area contributed by atoms with E-state index >= 15 is 0 Å². The molecular weight excluding hydrogens is 326 g/mol. The molecule has 26 heavy (non-hydrogen) atoms. The van der Waals surface area contributed by atoms with E-state index in [0.717, 1.165) is 57.0 Å². The molecule has 0 bridgehead atoms. The van der Waals surface area contributed by atoms with E-state index in [1.54, 1.807) is 0 Å². The van der Waals surface area contributed by atoms with Gasteiger partial charge in [0.05, 0.1) is 6.54 Å². The Balaban J connectivity index is 1.41. The van der Waals surface area contributed by atoms with Crippen LogP contribution in [0.15, 0.2) is 0 Å². The maximum atomic E-state index is 12.8. The number of carbonyl (C=O) groups excluding carboxylic acids is 1. The molecule has 1 unspecified atom stereocenters. The average Bonchev–Trinajstić information content (AvgIpc) is 3.33. The number of hydrogen-bond acceptors (Lipinski definition) is 4. The molecule has 0 spiro atoms. The summed E-state index contributed by atoms with van der Waals surface area (Å²) in [5.41, 5.74) is 0. The van der Waals surface area contributed by atoms with Crippen LogP contribution in [-0.2, 0) is 18.4 Å². The Hall–Kier alpha value is -1.43. The molecule has 3 fully saturated rings. The maximum absolute atomic E-state index is 12.8. The predicted molar refractivity (Wildman–Crippen MR) is 101 cm³/mol. The Labute approximate surface area is 156 Å².